The molecule has 2 amide bonds. The zero-order valence-corrected chi connectivity index (χ0v) is 11.1. The molecule has 0 saturated carbocycles. The molecule has 1 fully saturated rings. The van der Waals surface area contributed by atoms with Gasteiger partial charge in [0.15, 0.2) is 0 Å². The molecule has 0 spiro atoms. The molecule has 6 heteroatoms. The van der Waals surface area contributed by atoms with Crippen molar-refractivity contribution < 1.29 is 19.4 Å². The number of nitrogens with one attached hydrogen (secondary N) is 1. The fraction of sp³-hybridized carbons (Fsp3) is 0.833. The number of hydrogen-bond donors (Lipinski definition) is 2. The summed E-state index contributed by atoms with van der Waals surface area (Å²) in [6.07, 6.45) is 1.00. The van der Waals surface area contributed by atoms with E-state index in [1.54, 1.807) is 4.90 Å². The van der Waals surface area contributed by atoms with Crippen molar-refractivity contribution in [1.82, 2.24) is 10.2 Å². The fourth-order valence-electron chi connectivity index (χ4n) is 2.00. The third-order valence-corrected chi connectivity index (χ3v) is 3.68. The summed E-state index contributed by atoms with van der Waals surface area (Å²) in [7, 11) is 0. The van der Waals surface area contributed by atoms with E-state index in [-0.39, 0.29) is 12.6 Å². The van der Waals surface area contributed by atoms with Gasteiger partial charge in [-0.1, -0.05) is 13.8 Å². The Hall–Kier alpha value is -1.30. The van der Waals surface area contributed by atoms with Crippen LogP contribution in [-0.4, -0.2) is 54.9 Å². The first-order valence-corrected chi connectivity index (χ1v) is 6.39. The number of morpholine rings is 1. The first-order valence-electron chi connectivity index (χ1n) is 6.39. The third kappa shape index (κ3) is 3.35. The molecule has 0 aromatic rings. The molecule has 0 aromatic heterocycles. The van der Waals surface area contributed by atoms with E-state index < -0.39 is 11.4 Å². The summed E-state index contributed by atoms with van der Waals surface area (Å²) in [6.45, 7) is 6.04. The molecule has 0 bridgehead atoms. The second-order valence-corrected chi connectivity index (χ2v) is 4.55. The van der Waals surface area contributed by atoms with Crippen molar-refractivity contribution in [3.63, 3.8) is 0 Å². The first kappa shape index (κ1) is 14.8. The average molecular weight is 258 g/mol. The molecular weight excluding hydrogens is 236 g/mol. The van der Waals surface area contributed by atoms with Gasteiger partial charge >= 0.3 is 12.0 Å². The van der Waals surface area contributed by atoms with Crippen molar-refractivity contribution in [3.8, 4) is 0 Å². The van der Waals surface area contributed by atoms with Gasteiger partial charge in [-0.15, -0.1) is 0 Å². The zero-order chi connectivity index (χ0) is 13.6. The molecule has 18 heavy (non-hydrogen) atoms. The van der Waals surface area contributed by atoms with E-state index in [4.69, 9.17) is 4.74 Å². The Balaban J connectivity index is 2.51. The molecule has 0 atom stereocenters. The van der Waals surface area contributed by atoms with Gasteiger partial charge in [0.2, 0.25) is 0 Å². The minimum atomic E-state index is -0.859. The number of aliphatic carboxylic acids is 1. The van der Waals surface area contributed by atoms with Crippen LogP contribution in [0, 0.1) is 5.41 Å². The largest absolute Gasteiger partial charge is 0.481 e. The Morgan fingerprint density at radius 2 is 1.83 bits per heavy atom. The Labute approximate surface area is 107 Å². The molecule has 0 aromatic carbocycles. The number of hydrogen-bond acceptors (Lipinski definition) is 3. The Morgan fingerprint density at radius 3 is 2.28 bits per heavy atom. The maximum Gasteiger partial charge on any atom is 0.317 e. The maximum absolute atomic E-state index is 11.9. The van der Waals surface area contributed by atoms with E-state index in [0.717, 1.165) is 0 Å². The minimum Gasteiger partial charge on any atom is -0.481 e. The van der Waals surface area contributed by atoms with Crippen LogP contribution in [0.2, 0.25) is 0 Å². The number of carbonyl (C=O) groups excluding carboxylic acids is 1. The highest BCUT2D eigenvalue weighted by atomic mass is 16.5. The smallest absolute Gasteiger partial charge is 0.317 e. The lowest BCUT2D eigenvalue weighted by Crippen LogP contribution is -2.50. The van der Waals surface area contributed by atoms with Crippen LogP contribution in [0.25, 0.3) is 0 Å². The van der Waals surface area contributed by atoms with Crippen LogP contribution in [0.15, 0.2) is 0 Å². The quantitative estimate of drug-likeness (QED) is 0.768. The standard InChI is InChI=1S/C12H22N2O4/c1-3-12(4-2,10(15)16)9-13-11(17)14-5-7-18-8-6-14/h3-9H2,1-2H3,(H,13,17)(H,15,16). The van der Waals surface area contributed by atoms with Gasteiger partial charge in [-0.25, -0.2) is 4.79 Å². The summed E-state index contributed by atoms with van der Waals surface area (Å²) in [4.78, 5) is 24.8. The number of carboxylic acid groups (broad SMARTS) is 1. The van der Waals surface area contributed by atoms with E-state index in [1.165, 1.54) is 0 Å². The van der Waals surface area contributed by atoms with Gasteiger partial charge in [-0.2, -0.15) is 0 Å². The number of ether oxygens (including phenoxy) is 1. The molecule has 104 valence electrons. The number of urea groups is 1. The topological polar surface area (TPSA) is 78.9 Å². The lowest BCUT2D eigenvalue weighted by atomic mass is 9.82. The van der Waals surface area contributed by atoms with Crippen molar-refractivity contribution in [1.29, 1.82) is 0 Å². The van der Waals surface area contributed by atoms with Crippen molar-refractivity contribution in [2.75, 3.05) is 32.8 Å². The SMILES string of the molecule is CCC(CC)(CNC(=O)N1CCOCC1)C(=O)O. The maximum atomic E-state index is 11.9. The highest BCUT2D eigenvalue weighted by Gasteiger charge is 2.35. The summed E-state index contributed by atoms with van der Waals surface area (Å²) >= 11 is 0. The van der Waals surface area contributed by atoms with Crippen molar-refractivity contribution in [2.24, 2.45) is 5.41 Å². The average Bonchev–Trinajstić information content (AvgIpc) is 2.41. The Bertz CT molecular complexity index is 296. The molecule has 1 aliphatic heterocycles. The molecular formula is C12H22N2O4. The summed E-state index contributed by atoms with van der Waals surface area (Å²) in [5.41, 5.74) is -0.859. The van der Waals surface area contributed by atoms with Crippen LogP contribution in [0.1, 0.15) is 26.7 Å². The van der Waals surface area contributed by atoms with Gasteiger partial charge in [0.25, 0.3) is 0 Å². The van der Waals surface area contributed by atoms with Crippen molar-refractivity contribution in [3.05, 3.63) is 0 Å². The molecule has 2 N–H and O–H groups in total. The van der Waals surface area contributed by atoms with Crippen LogP contribution in [0.5, 0.6) is 0 Å². The van der Waals surface area contributed by atoms with E-state index in [1.807, 2.05) is 13.8 Å². The molecule has 1 rings (SSSR count). The van der Waals surface area contributed by atoms with Crippen LogP contribution in [-0.2, 0) is 9.53 Å². The molecule has 0 unspecified atom stereocenters. The summed E-state index contributed by atoms with van der Waals surface area (Å²) in [6, 6.07) is -0.203. The van der Waals surface area contributed by atoms with Gasteiger partial charge < -0.3 is 20.1 Å². The first-order chi connectivity index (χ1) is 8.55. The van der Waals surface area contributed by atoms with Crippen LogP contribution >= 0.6 is 0 Å². The summed E-state index contributed by atoms with van der Waals surface area (Å²) < 4.78 is 5.16. The highest BCUT2D eigenvalue weighted by molar-refractivity contribution is 5.78. The predicted octanol–water partition coefficient (Wildman–Crippen LogP) is 0.919. The van der Waals surface area contributed by atoms with E-state index >= 15 is 0 Å². The predicted molar refractivity (Wildman–Crippen MR) is 66.4 cm³/mol. The third-order valence-electron chi connectivity index (χ3n) is 3.68. The molecule has 0 radical (unpaired) electrons. The minimum absolute atomic E-state index is 0.172. The number of amides is 2. The van der Waals surface area contributed by atoms with Crippen molar-refractivity contribution >= 4 is 12.0 Å². The molecule has 0 aliphatic carbocycles. The van der Waals surface area contributed by atoms with Gasteiger partial charge in [0.05, 0.1) is 18.6 Å². The van der Waals surface area contributed by atoms with E-state index in [2.05, 4.69) is 5.32 Å². The molecule has 1 saturated heterocycles. The molecule has 1 aliphatic rings. The molecule has 1 heterocycles. The fourth-order valence-corrected chi connectivity index (χ4v) is 2.00. The lowest BCUT2D eigenvalue weighted by molar-refractivity contribution is -0.149. The zero-order valence-electron chi connectivity index (χ0n) is 11.1. The van der Waals surface area contributed by atoms with Crippen molar-refractivity contribution in [2.45, 2.75) is 26.7 Å². The Kier molecular flexibility index (Phi) is 5.40. The van der Waals surface area contributed by atoms with Gasteiger partial charge in [-0.3, -0.25) is 4.79 Å². The Morgan fingerprint density at radius 1 is 1.28 bits per heavy atom. The highest BCUT2D eigenvalue weighted by Crippen LogP contribution is 2.25. The van der Waals surface area contributed by atoms with Gasteiger partial charge in [0, 0.05) is 19.6 Å². The van der Waals surface area contributed by atoms with E-state index in [9.17, 15) is 14.7 Å². The normalized spacial score (nSPS) is 16.4. The monoisotopic (exact) mass is 258 g/mol. The van der Waals surface area contributed by atoms with Gasteiger partial charge in [0.1, 0.15) is 0 Å². The van der Waals surface area contributed by atoms with Crippen LogP contribution < -0.4 is 5.32 Å². The lowest BCUT2D eigenvalue weighted by Gasteiger charge is -2.31. The van der Waals surface area contributed by atoms with Gasteiger partial charge in [-0.05, 0) is 12.8 Å². The number of carboxylic acids is 1. The second kappa shape index (κ2) is 6.58. The number of carbonyl (C=O) groups is 2. The van der Waals surface area contributed by atoms with Crippen LogP contribution in [0.3, 0.4) is 0 Å². The summed E-state index contributed by atoms with van der Waals surface area (Å²) in [5, 5.41) is 12.0. The summed E-state index contributed by atoms with van der Waals surface area (Å²) in [5.74, 6) is -0.852. The molecule has 6 nitrogen and oxygen atoms in total. The van der Waals surface area contributed by atoms with Crippen LogP contribution in [0.4, 0.5) is 4.79 Å². The second-order valence-electron chi connectivity index (χ2n) is 4.55. The number of rotatable bonds is 5. The number of nitrogens with zero attached hydrogens (tertiary/aromatic N) is 1. The van der Waals surface area contributed by atoms with E-state index in [0.29, 0.717) is 39.1 Å².